The lowest BCUT2D eigenvalue weighted by atomic mass is 9.87. The Labute approximate surface area is 148 Å². The van der Waals surface area contributed by atoms with E-state index in [1.807, 2.05) is 12.1 Å². The van der Waals surface area contributed by atoms with Gasteiger partial charge in [-0.15, -0.1) is 0 Å². The van der Waals surface area contributed by atoms with Crippen LogP contribution in [0.1, 0.15) is 0 Å². The Kier molecular flexibility index (Phi) is 3.14. The fraction of sp³-hybridized carbons (Fsp3) is 0. The standard InChI is InChI=1S/C24H15B/c25-24-10-4-9-21-20-8-3-7-19(22(20)13-14-23(21)24)18-12-11-16-5-1-2-6-17(16)15-18/h1-15H. The third-order valence-electron chi connectivity index (χ3n) is 5.01. The monoisotopic (exact) mass is 314 g/mol. The maximum Gasteiger partial charge on any atom is 0.114 e. The molecule has 114 valence electrons. The van der Waals surface area contributed by atoms with Gasteiger partial charge in [-0.3, -0.25) is 0 Å². The number of hydrogen-bond acceptors (Lipinski definition) is 0. The first-order chi connectivity index (χ1) is 12.3. The van der Waals surface area contributed by atoms with Crippen molar-refractivity contribution in [2.45, 2.75) is 0 Å². The van der Waals surface area contributed by atoms with E-state index >= 15 is 0 Å². The molecular weight excluding hydrogens is 299 g/mol. The lowest BCUT2D eigenvalue weighted by Gasteiger charge is -2.11. The molecule has 0 N–H and O–H groups in total. The average molecular weight is 314 g/mol. The zero-order valence-electron chi connectivity index (χ0n) is 13.7. The van der Waals surface area contributed by atoms with Crippen LogP contribution in [0.4, 0.5) is 0 Å². The van der Waals surface area contributed by atoms with E-state index in [0.717, 1.165) is 10.8 Å². The van der Waals surface area contributed by atoms with Crippen molar-refractivity contribution in [2.75, 3.05) is 0 Å². The molecule has 0 aromatic heterocycles. The molecule has 0 aliphatic heterocycles. The van der Waals surface area contributed by atoms with Crippen molar-refractivity contribution in [1.29, 1.82) is 0 Å². The van der Waals surface area contributed by atoms with Gasteiger partial charge in [0.15, 0.2) is 0 Å². The summed E-state index contributed by atoms with van der Waals surface area (Å²) in [5, 5.41) is 7.36. The van der Waals surface area contributed by atoms with E-state index in [4.69, 9.17) is 7.85 Å². The first-order valence-electron chi connectivity index (χ1n) is 8.50. The Morgan fingerprint density at radius 3 is 2.08 bits per heavy atom. The minimum absolute atomic E-state index is 0.829. The Balaban J connectivity index is 1.83. The van der Waals surface area contributed by atoms with Gasteiger partial charge >= 0.3 is 0 Å². The van der Waals surface area contributed by atoms with Crippen molar-refractivity contribution in [3.63, 3.8) is 0 Å². The second kappa shape index (κ2) is 5.49. The van der Waals surface area contributed by atoms with Crippen molar-refractivity contribution in [3.8, 4) is 11.1 Å². The first kappa shape index (κ1) is 14.3. The molecule has 0 atom stereocenters. The summed E-state index contributed by atoms with van der Waals surface area (Å²) in [7, 11) is 6.16. The first-order valence-corrected chi connectivity index (χ1v) is 8.50. The molecule has 0 aliphatic carbocycles. The van der Waals surface area contributed by atoms with Crippen LogP contribution in [0.15, 0.2) is 91.0 Å². The van der Waals surface area contributed by atoms with E-state index < -0.39 is 0 Å². The summed E-state index contributed by atoms with van der Waals surface area (Å²) < 4.78 is 0. The largest absolute Gasteiger partial charge is 0.114 e. The third kappa shape index (κ3) is 2.24. The van der Waals surface area contributed by atoms with Gasteiger partial charge in [-0.2, -0.15) is 0 Å². The van der Waals surface area contributed by atoms with Crippen LogP contribution in [-0.2, 0) is 0 Å². The molecule has 0 aliphatic rings. The van der Waals surface area contributed by atoms with Gasteiger partial charge < -0.3 is 0 Å². The highest BCUT2D eigenvalue weighted by molar-refractivity contribution is 6.40. The molecule has 0 bridgehead atoms. The summed E-state index contributed by atoms with van der Waals surface area (Å²) in [6.45, 7) is 0. The van der Waals surface area contributed by atoms with E-state index in [1.54, 1.807) is 0 Å². The van der Waals surface area contributed by atoms with Crippen LogP contribution in [0.25, 0.3) is 43.4 Å². The van der Waals surface area contributed by atoms with Crippen molar-refractivity contribution < 1.29 is 0 Å². The zero-order valence-corrected chi connectivity index (χ0v) is 13.7. The molecule has 25 heavy (non-hydrogen) atoms. The quantitative estimate of drug-likeness (QED) is 0.279. The Morgan fingerprint density at radius 2 is 1.20 bits per heavy atom. The predicted octanol–water partition coefficient (Wildman–Crippen LogP) is 5.61. The Hall–Kier alpha value is -3.06. The van der Waals surface area contributed by atoms with E-state index in [9.17, 15) is 0 Å². The maximum absolute atomic E-state index is 6.16. The van der Waals surface area contributed by atoms with Crippen molar-refractivity contribution in [1.82, 2.24) is 0 Å². The van der Waals surface area contributed by atoms with E-state index in [-0.39, 0.29) is 0 Å². The molecule has 0 spiro atoms. The van der Waals surface area contributed by atoms with Gasteiger partial charge in [0.05, 0.1) is 0 Å². The van der Waals surface area contributed by atoms with Gasteiger partial charge in [-0.25, -0.2) is 0 Å². The lowest BCUT2D eigenvalue weighted by Crippen LogP contribution is -2.02. The summed E-state index contributed by atoms with van der Waals surface area (Å²) in [6.07, 6.45) is 0. The normalized spacial score (nSPS) is 11.4. The van der Waals surface area contributed by atoms with Crippen LogP contribution in [0.2, 0.25) is 0 Å². The van der Waals surface area contributed by atoms with Gasteiger partial charge in [-0.05, 0) is 49.5 Å². The molecule has 0 fully saturated rings. The number of benzene rings is 5. The second-order valence-electron chi connectivity index (χ2n) is 6.47. The van der Waals surface area contributed by atoms with Gasteiger partial charge in [0.2, 0.25) is 0 Å². The van der Waals surface area contributed by atoms with Crippen molar-refractivity contribution in [3.05, 3.63) is 91.0 Å². The molecule has 5 rings (SSSR count). The molecule has 1 heteroatoms. The smallest absolute Gasteiger partial charge is 0.0890 e. The summed E-state index contributed by atoms with van der Waals surface area (Å²) in [4.78, 5) is 0. The van der Waals surface area contributed by atoms with Crippen molar-refractivity contribution >= 4 is 45.6 Å². The number of fused-ring (bicyclic) bond motifs is 4. The molecule has 2 radical (unpaired) electrons. The molecule has 5 aromatic carbocycles. The summed E-state index contributed by atoms with van der Waals surface area (Å²) >= 11 is 0. The minimum atomic E-state index is 0.829. The molecule has 0 saturated heterocycles. The number of rotatable bonds is 1. The van der Waals surface area contributed by atoms with Crippen LogP contribution < -0.4 is 5.46 Å². The Bertz CT molecular complexity index is 1250. The molecule has 0 amide bonds. The fourth-order valence-corrected chi connectivity index (χ4v) is 3.76. The van der Waals surface area contributed by atoms with Gasteiger partial charge in [0.25, 0.3) is 0 Å². The van der Waals surface area contributed by atoms with Gasteiger partial charge in [-0.1, -0.05) is 90.4 Å². The van der Waals surface area contributed by atoms with Crippen LogP contribution in [0.5, 0.6) is 0 Å². The summed E-state index contributed by atoms with van der Waals surface area (Å²) in [5.41, 5.74) is 3.33. The minimum Gasteiger partial charge on any atom is -0.0890 e. The van der Waals surface area contributed by atoms with E-state index in [2.05, 4.69) is 78.9 Å². The van der Waals surface area contributed by atoms with Crippen LogP contribution in [0, 0.1) is 0 Å². The maximum atomic E-state index is 6.16. The molecule has 0 unspecified atom stereocenters. The average Bonchev–Trinajstić information content (AvgIpc) is 2.67. The van der Waals surface area contributed by atoms with Crippen LogP contribution in [-0.4, -0.2) is 7.85 Å². The van der Waals surface area contributed by atoms with E-state index in [0.29, 0.717) is 0 Å². The second-order valence-corrected chi connectivity index (χ2v) is 6.47. The molecule has 0 saturated carbocycles. The van der Waals surface area contributed by atoms with Crippen molar-refractivity contribution in [2.24, 2.45) is 0 Å². The van der Waals surface area contributed by atoms with Gasteiger partial charge in [0.1, 0.15) is 7.85 Å². The summed E-state index contributed by atoms with van der Waals surface area (Å²) in [5.74, 6) is 0. The van der Waals surface area contributed by atoms with Crippen LogP contribution in [0.3, 0.4) is 0 Å². The van der Waals surface area contributed by atoms with Gasteiger partial charge in [0, 0.05) is 0 Å². The lowest BCUT2D eigenvalue weighted by molar-refractivity contribution is 1.69. The highest BCUT2D eigenvalue weighted by atomic mass is 14.1. The molecule has 0 nitrogen and oxygen atoms in total. The highest BCUT2D eigenvalue weighted by Gasteiger charge is 2.08. The Morgan fingerprint density at radius 1 is 0.480 bits per heavy atom. The SMILES string of the molecule is [B]c1cccc2c1ccc1c(-c3ccc4ccccc4c3)cccc12. The zero-order chi connectivity index (χ0) is 16.8. The molecular formula is C24H15B. The summed E-state index contributed by atoms with van der Waals surface area (Å²) in [6, 6.07) is 32.1. The molecule has 5 aromatic rings. The predicted molar refractivity (Wildman–Crippen MR) is 110 cm³/mol. The van der Waals surface area contributed by atoms with Crippen LogP contribution >= 0.6 is 0 Å². The topological polar surface area (TPSA) is 0 Å². The van der Waals surface area contributed by atoms with E-state index in [1.165, 1.54) is 38.1 Å². The number of hydrogen-bond donors (Lipinski definition) is 0. The molecule has 0 heterocycles. The third-order valence-corrected chi connectivity index (χ3v) is 5.01. The highest BCUT2D eigenvalue weighted by Crippen LogP contribution is 2.33. The fourth-order valence-electron chi connectivity index (χ4n) is 3.76.